The number of rotatable bonds is 2. The van der Waals surface area contributed by atoms with Gasteiger partial charge in [0.1, 0.15) is 0 Å². The summed E-state index contributed by atoms with van der Waals surface area (Å²) >= 11 is 0. The Balaban J connectivity index is 3.02. The highest BCUT2D eigenvalue weighted by molar-refractivity contribution is 5.74. The third-order valence-electron chi connectivity index (χ3n) is 1.59. The number of hydrogen-bond donors (Lipinski definition) is 2. The molecule has 0 saturated carbocycles. The van der Waals surface area contributed by atoms with Crippen molar-refractivity contribution in [3.63, 3.8) is 0 Å². The fourth-order valence-corrected chi connectivity index (χ4v) is 0.924. The van der Waals surface area contributed by atoms with Gasteiger partial charge in [-0.2, -0.15) is 0 Å². The highest BCUT2D eigenvalue weighted by Gasteiger charge is 2.17. The summed E-state index contributed by atoms with van der Waals surface area (Å²) in [5, 5.41) is 17.6. The SMILES string of the molecule is Cc1cnccc1C(O)C(=O)O. The Labute approximate surface area is 69.5 Å². The largest absolute Gasteiger partial charge is 0.479 e. The maximum atomic E-state index is 10.4. The molecule has 0 aromatic carbocycles. The molecule has 1 aromatic rings. The van der Waals surface area contributed by atoms with E-state index < -0.39 is 12.1 Å². The van der Waals surface area contributed by atoms with Crippen LogP contribution in [0, 0.1) is 6.92 Å². The van der Waals surface area contributed by atoms with Gasteiger partial charge >= 0.3 is 5.97 Å². The minimum Gasteiger partial charge on any atom is -0.479 e. The van der Waals surface area contributed by atoms with E-state index in [1.54, 1.807) is 6.92 Å². The molecular weight excluding hydrogens is 158 g/mol. The molecule has 64 valence electrons. The maximum Gasteiger partial charge on any atom is 0.337 e. The minimum absolute atomic E-state index is 0.387. The summed E-state index contributed by atoms with van der Waals surface area (Å²) in [5.74, 6) is -1.25. The smallest absolute Gasteiger partial charge is 0.337 e. The number of aryl methyl sites for hydroxylation is 1. The van der Waals surface area contributed by atoms with Gasteiger partial charge in [0.05, 0.1) is 0 Å². The number of aliphatic carboxylic acids is 1. The quantitative estimate of drug-likeness (QED) is 0.673. The highest BCUT2D eigenvalue weighted by Crippen LogP contribution is 2.15. The zero-order valence-corrected chi connectivity index (χ0v) is 6.56. The molecule has 0 amide bonds. The molecule has 1 unspecified atom stereocenters. The number of hydrogen-bond acceptors (Lipinski definition) is 3. The number of carboxylic acid groups (broad SMARTS) is 1. The van der Waals surface area contributed by atoms with E-state index >= 15 is 0 Å². The number of aliphatic hydroxyl groups is 1. The second kappa shape index (κ2) is 3.32. The first-order valence-electron chi connectivity index (χ1n) is 3.44. The summed E-state index contributed by atoms with van der Waals surface area (Å²) in [6, 6.07) is 1.49. The van der Waals surface area contributed by atoms with Crippen LogP contribution >= 0.6 is 0 Å². The van der Waals surface area contributed by atoms with Gasteiger partial charge in [0, 0.05) is 12.4 Å². The van der Waals surface area contributed by atoms with Crippen LogP contribution in [-0.2, 0) is 4.79 Å². The molecule has 1 rings (SSSR count). The molecule has 0 fully saturated rings. The van der Waals surface area contributed by atoms with E-state index in [4.69, 9.17) is 10.2 Å². The Hall–Kier alpha value is -1.42. The number of carbonyl (C=O) groups is 1. The van der Waals surface area contributed by atoms with Crippen molar-refractivity contribution in [1.82, 2.24) is 4.98 Å². The Morgan fingerprint density at radius 1 is 1.67 bits per heavy atom. The lowest BCUT2D eigenvalue weighted by Crippen LogP contribution is -2.11. The van der Waals surface area contributed by atoms with Gasteiger partial charge in [0.15, 0.2) is 6.10 Å². The topological polar surface area (TPSA) is 70.4 Å². The molecule has 0 aliphatic heterocycles. The molecule has 0 radical (unpaired) electrons. The van der Waals surface area contributed by atoms with Crippen LogP contribution in [0.3, 0.4) is 0 Å². The van der Waals surface area contributed by atoms with E-state index in [9.17, 15) is 4.79 Å². The van der Waals surface area contributed by atoms with Gasteiger partial charge in [-0.1, -0.05) is 0 Å². The standard InChI is InChI=1S/C8H9NO3/c1-5-4-9-3-2-6(5)7(10)8(11)12/h2-4,7,10H,1H3,(H,11,12). The Kier molecular flexibility index (Phi) is 2.40. The Morgan fingerprint density at radius 3 is 2.83 bits per heavy atom. The van der Waals surface area contributed by atoms with Crippen molar-refractivity contribution in [2.45, 2.75) is 13.0 Å². The summed E-state index contributed by atoms with van der Waals surface area (Å²) in [6.07, 6.45) is 1.52. The van der Waals surface area contributed by atoms with Crippen molar-refractivity contribution >= 4 is 5.97 Å². The number of carboxylic acids is 1. The van der Waals surface area contributed by atoms with Gasteiger partial charge in [0.2, 0.25) is 0 Å². The average Bonchev–Trinajstić information content (AvgIpc) is 2.04. The molecular formula is C8H9NO3. The van der Waals surface area contributed by atoms with Crippen LogP contribution in [-0.4, -0.2) is 21.2 Å². The molecule has 1 aromatic heterocycles. The summed E-state index contributed by atoms with van der Waals surface area (Å²) in [5.41, 5.74) is 1.06. The van der Waals surface area contributed by atoms with E-state index in [1.165, 1.54) is 18.5 Å². The molecule has 1 heterocycles. The summed E-state index contributed by atoms with van der Waals surface area (Å²) in [6.45, 7) is 1.70. The first kappa shape index (κ1) is 8.67. The van der Waals surface area contributed by atoms with Gasteiger partial charge in [-0.3, -0.25) is 4.98 Å². The zero-order valence-electron chi connectivity index (χ0n) is 6.56. The molecule has 4 heteroatoms. The molecule has 0 saturated heterocycles. The highest BCUT2D eigenvalue weighted by atomic mass is 16.4. The van der Waals surface area contributed by atoms with E-state index in [-0.39, 0.29) is 0 Å². The maximum absolute atomic E-state index is 10.4. The fraction of sp³-hybridized carbons (Fsp3) is 0.250. The van der Waals surface area contributed by atoms with E-state index in [2.05, 4.69) is 4.98 Å². The first-order valence-corrected chi connectivity index (χ1v) is 3.44. The molecule has 0 aliphatic carbocycles. The lowest BCUT2D eigenvalue weighted by atomic mass is 10.1. The molecule has 0 aliphatic rings. The van der Waals surface area contributed by atoms with Crippen LogP contribution in [0.5, 0.6) is 0 Å². The lowest BCUT2D eigenvalue weighted by molar-refractivity contribution is -0.147. The van der Waals surface area contributed by atoms with Crippen LogP contribution < -0.4 is 0 Å². The van der Waals surface area contributed by atoms with Crippen molar-refractivity contribution < 1.29 is 15.0 Å². The number of nitrogens with zero attached hydrogens (tertiary/aromatic N) is 1. The van der Waals surface area contributed by atoms with E-state index in [0.717, 1.165) is 0 Å². The number of pyridine rings is 1. The molecule has 4 nitrogen and oxygen atoms in total. The summed E-state index contributed by atoms with van der Waals surface area (Å²) in [4.78, 5) is 14.2. The second-order valence-electron chi connectivity index (χ2n) is 2.47. The van der Waals surface area contributed by atoms with Crippen LogP contribution in [0.1, 0.15) is 17.2 Å². The Morgan fingerprint density at radius 2 is 2.33 bits per heavy atom. The second-order valence-corrected chi connectivity index (χ2v) is 2.47. The van der Waals surface area contributed by atoms with Gasteiger partial charge in [-0.05, 0) is 24.1 Å². The predicted octanol–water partition coefficient (Wildman–Crippen LogP) is 0.508. The van der Waals surface area contributed by atoms with Crippen molar-refractivity contribution in [3.8, 4) is 0 Å². The van der Waals surface area contributed by atoms with Crippen LogP contribution in [0.25, 0.3) is 0 Å². The van der Waals surface area contributed by atoms with Crippen LogP contribution in [0.2, 0.25) is 0 Å². The fourth-order valence-electron chi connectivity index (χ4n) is 0.924. The average molecular weight is 167 g/mol. The predicted molar refractivity (Wildman–Crippen MR) is 41.6 cm³/mol. The normalized spacial score (nSPS) is 12.5. The number of aliphatic hydroxyl groups excluding tert-OH is 1. The summed E-state index contributed by atoms with van der Waals surface area (Å²) < 4.78 is 0. The first-order chi connectivity index (χ1) is 5.63. The lowest BCUT2D eigenvalue weighted by Gasteiger charge is -2.07. The molecule has 2 N–H and O–H groups in total. The molecule has 0 bridgehead atoms. The van der Waals surface area contributed by atoms with Gasteiger partial charge < -0.3 is 10.2 Å². The van der Waals surface area contributed by atoms with Crippen LogP contribution in [0.4, 0.5) is 0 Å². The van der Waals surface area contributed by atoms with E-state index in [0.29, 0.717) is 11.1 Å². The van der Waals surface area contributed by atoms with Crippen molar-refractivity contribution in [1.29, 1.82) is 0 Å². The number of aromatic nitrogens is 1. The molecule has 0 spiro atoms. The third kappa shape index (κ3) is 1.60. The van der Waals surface area contributed by atoms with Crippen molar-refractivity contribution in [2.24, 2.45) is 0 Å². The molecule has 1 atom stereocenters. The summed E-state index contributed by atoms with van der Waals surface area (Å²) in [7, 11) is 0. The van der Waals surface area contributed by atoms with Gasteiger partial charge in [-0.15, -0.1) is 0 Å². The van der Waals surface area contributed by atoms with Crippen molar-refractivity contribution in [3.05, 3.63) is 29.6 Å². The monoisotopic (exact) mass is 167 g/mol. The van der Waals surface area contributed by atoms with Gasteiger partial charge in [-0.25, -0.2) is 4.79 Å². The Bertz CT molecular complexity index is 298. The minimum atomic E-state index is -1.45. The third-order valence-corrected chi connectivity index (χ3v) is 1.59. The van der Waals surface area contributed by atoms with E-state index in [1.807, 2.05) is 0 Å². The zero-order chi connectivity index (χ0) is 9.14. The van der Waals surface area contributed by atoms with Crippen LogP contribution in [0.15, 0.2) is 18.5 Å². The van der Waals surface area contributed by atoms with Crippen molar-refractivity contribution in [2.75, 3.05) is 0 Å². The molecule has 12 heavy (non-hydrogen) atoms. The van der Waals surface area contributed by atoms with Gasteiger partial charge in [0.25, 0.3) is 0 Å².